The number of likely N-dealkylation sites (tertiary alicyclic amines) is 1. The minimum Gasteiger partial charge on any atom is -0.335 e. The molecule has 1 saturated heterocycles. The van der Waals surface area contributed by atoms with E-state index in [9.17, 15) is 4.79 Å². The van der Waals surface area contributed by atoms with Crippen molar-refractivity contribution in [1.29, 1.82) is 0 Å². The molecule has 1 unspecified atom stereocenters. The van der Waals surface area contributed by atoms with E-state index in [1.165, 1.54) is 5.56 Å². The fraction of sp³-hybridized carbons (Fsp3) is 0.500. The largest absolute Gasteiger partial charge is 0.335 e. The minimum atomic E-state index is 0.199. The third kappa shape index (κ3) is 3.56. The van der Waals surface area contributed by atoms with Crippen LogP contribution in [0, 0.1) is 6.92 Å². The number of aryl methyl sites for hydroxylation is 1. The normalized spacial score (nSPS) is 18.0. The van der Waals surface area contributed by atoms with Gasteiger partial charge in [0.15, 0.2) is 0 Å². The lowest BCUT2D eigenvalue weighted by Crippen LogP contribution is -2.38. The van der Waals surface area contributed by atoms with Crippen molar-refractivity contribution in [2.24, 2.45) is 0 Å². The molecule has 1 aliphatic rings. The molecule has 3 heterocycles. The summed E-state index contributed by atoms with van der Waals surface area (Å²) in [6, 6.07) is 2.41. The fourth-order valence-corrected chi connectivity index (χ4v) is 3.66. The Balaban J connectivity index is 1.45. The van der Waals surface area contributed by atoms with E-state index in [4.69, 9.17) is 0 Å². The maximum absolute atomic E-state index is 12.4. The summed E-state index contributed by atoms with van der Waals surface area (Å²) in [5.74, 6) is 0.199. The average molecular weight is 318 g/mol. The zero-order chi connectivity index (χ0) is 15.4. The van der Waals surface area contributed by atoms with Gasteiger partial charge in [0.25, 0.3) is 0 Å². The third-order valence-corrected chi connectivity index (χ3v) is 4.76. The summed E-state index contributed by atoms with van der Waals surface area (Å²) in [5, 5.41) is 11.7. The average Bonchev–Trinajstić information content (AvgIpc) is 3.23. The molecule has 5 nitrogen and oxygen atoms in total. The van der Waals surface area contributed by atoms with Crippen molar-refractivity contribution in [3.63, 3.8) is 0 Å². The zero-order valence-corrected chi connectivity index (χ0v) is 13.7. The third-order valence-electron chi connectivity index (χ3n) is 4.06. The summed E-state index contributed by atoms with van der Waals surface area (Å²) in [6.45, 7) is 4.84. The van der Waals surface area contributed by atoms with Crippen molar-refractivity contribution in [1.82, 2.24) is 20.0 Å². The van der Waals surface area contributed by atoms with E-state index in [2.05, 4.69) is 27.2 Å². The van der Waals surface area contributed by atoms with Crippen LogP contribution in [0.4, 0.5) is 0 Å². The Kier molecular flexibility index (Phi) is 4.90. The molecular weight excluding hydrogens is 296 g/mol. The summed E-state index contributed by atoms with van der Waals surface area (Å²) < 4.78 is 1.90. The van der Waals surface area contributed by atoms with Gasteiger partial charge in [-0.05, 0) is 47.7 Å². The van der Waals surface area contributed by atoms with Crippen LogP contribution in [0.25, 0.3) is 0 Å². The Morgan fingerprint density at radius 1 is 1.55 bits per heavy atom. The van der Waals surface area contributed by atoms with Crippen LogP contribution in [0.3, 0.4) is 0 Å². The number of thiophene rings is 1. The highest BCUT2D eigenvalue weighted by Crippen LogP contribution is 2.32. The SMILES string of the molecule is Cc1cnn(CCNCC(=O)N2CCCC2c2ccsc2)c1. The summed E-state index contributed by atoms with van der Waals surface area (Å²) in [4.78, 5) is 14.4. The van der Waals surface area contributed by atoms with Gasteiger partial charge < -0.3 is 10.2 Å². The minimum absolute atomic E-state index is 0.199. The first-order valence-electron chi connectivity index (χ1n) is 7.75. The molecular formula is C16H22N4OS. The van der Waals surface area contributed by atoms with Crippen LogP contribution in [-0.4, -0.2) is 40.2 Å². The van der Waals surface area contributed by atoms with E-state index in [0.29, 0.717) is 6.54 Å². The summed E-state index contributed by atoms with van der Waals surface area (Å²) in [5.41, 5.74) is 2.44. The molecule has 2 aromatic rings. The lowest BCUT2D eigenvalue weighted by Gasteiger charge is -2.24. The number of hydrogen-bond donors (Lipinski definition) is 1. The molecule has 118 valence electrons. The first kappa shape index (κ1) is 15.2. The van der Waals surface area contributed by atoms with Crippen molar-refractivity contribution in [2.45, 2.75) is 32.4 Å². The van der Waals surface area contributed by atoms with Gasteiger partial charge in [-0.2, -0.15) is 16.4 Å². The van der Waals surface area contributed by atoms with Crippen molar-refractivity contribution in [3.8, 4) is 0 Å². The number of aromatic nitrogens is 2. The van der Waals surface area contributed by atoms with Gasteiger partial charge in [-0.1, -0.05) is 0 Å². The second-order valence-corrected chi connectivity index (χ2v) is 6.54. The molecule has 2 aromatic heterocycles. The smallest absolute Gasteiger partial charge is 0.237 e. The molecule has 1 aliphatic heterocycles. The van der Waals surface area contributed by atoms with Gasteiger partial charge in [-0.3, -0.25) is 9.48 Å². The number of carbonyl (C=O) groups excluding carboxylic acids is 1. The monoisotopic (exact) mass is 318 g/mol. The number of carbonyl (C=O) groups is 1. The lowest BCUT2D eigenvalue weighted by molar-refractivity contribution is -0.131. The fourth-order valence-electron chi connectivity index (χ4n) is 2.96. The second kappa shape index (κ2) is 7.07. The Bertz CT molecular complexity index is 607. The van der Waals surface area contributed by atoms with Crippen LogP contribution in [0.1, 0.15) is 30.0 Å². The molecule has 0 aromatic carbocycles. The summed E-state index contributed by atoms with van der Waals surface area (Å²) in [7, 11) is 0. The van der Waals surface area contributed by atoms with Crippen LogP contribution in [0.2, 0.25) is 0 Å². The molecule has 0 spiro atoms. The Labute approximate surface area is 134 Å². The molecule has 0 radical (unpaired) electrons. The molecule has 0 bridgehead atoms. The van der Waals surface area contributed by atoms with Crippen molar-refractivity contribution in [3.05, 3.63) is 40.3 Å². The topological polar surface area (TPSA) is 50.2 Å². The predicted octanol–water partition coefficient (Wildman–Crippen LogP) is 2.21. The van der Waals surface area contributed by atoms with Gasteiger partial charge in [-0.25, -0.2) is 0 Å². The van der Waals surface area contributed by atoms with E-state index in [1.807, 2.05) is 28.9 Å². The highest BCUT2D eigenvalue weighted by atomic mass is 32.1. The first-order chi connectivity index (χ1) is 10.7. The molecule has 1 amide bonds. The van der Waals surface area contributed by atoms with Crippen molar-refractivity contribution in [2.75, 3.05) is 19.6 Å². The van der Waals surface area contributed by atoms with E-state index >= 15 is 0 Å². The molecule has 1 atom stereocenters. The molecule has 0 saturated carbocycles. The van der Waals surface area contributed by atoms with Gasteiger partial charge in [-0.15, -0.1) is 0 Å². The maximum atomic E-state index is 12.4. The quantitative estimate of drug-likeness (QED) is 0.831. The first-order valence-corrected chi connectivity index (χ1v) is 8.69. The van der Waals surface area contributed by atoms with Crippen LogP contribution >= 0.6 is 11.3 Å². The number of nitrogens with one attached hydrogen (secondary N) is 1. The van der Waals surface area contributed by atoms with Gasteiger partial charge in [0, 0.05) is 19.3 Å². The van der Waals surface area contributed by atoms with Gasteiger partial charge >= 0.3 is 0 Å². The number of nitrogens with zero attached hydrogens (tertiary/aromatic N) is 3. The predicted molar refractivity (Wildman–Crippen MR) is 87.8 cm³/mol. The van der Waals surface area contributed by atoms with Gasteiger partial charge in [0.1, 0.15) is 0 Å². The van der Waals surface area contributed by atoms with E-state index in [1.54, 1.807) is 11.3 Å². The summed E-state index contributed by atoms with van der Waals surface area (Å²) in [6.07, 6.45) is 6.03. The highest BCUT2D eigenvalue weighted by Gasteiger charge is 2.29. The van der Waals surface area contributed by atoms with E-state index in [-0.39, 0.29) is 11.9 Å². The molecule has 0 aliphatic carbocycles. The maximum Gasteiger partial charge on any atom is 0.237 e. The van der Waals surface area contributed by atoms with Crippen LogP contribution in [-0.2, 0) is 11.3 Å². The Morgan fingerprint density at radius 2 is 2.45 bits per heavy atom. The molecule has 22 heavy (non-hydrogen) atoms. The number of rotatable bonds is 6. The number of hydrogen-bond acceptors (Lipinski definition) is 4. The zero-order valence-electron chi connectivity index (χ0n) is 12.9. The second-order valence-electron chi connectivity index (χ2n) is 5.76. The molecule has 6 heteroatoms. The Hall–Kier alpha value is -1.66. The summed E-state index contributed by atoms with van der Waals surface area (Å²) >= 11 is 1.70. The van der Waals surface area contributed by atoms with Crippen molar-refractivity contribution < 1.29 is 4.79 Å². The van der Waals surface area contributed by atoms with Crippen LogP contribution < -0.4 is 5.32 Å². The van der Waals surface area contributed by atoms with E-state index < -0.39 is 0 Å². The lowest BCUT2D eigenvalue weighted by atomic mass is 10.1. The molecule has 3 rings (SSSR count). The van der Waals surface area contributed by atoms with Gasteiger partial charge in [0.05, 0.1) is 25.3 Å². The standard InChI is InChI=1S/C16H22N4OS/c1-13-9-18-19(11-13)7-5-17-10-16(21)20-6-2-3-15(20)14-4-8-22-12-14/h4,8-9,11-12,15,17H,2-3,5-7,10H2,1H3. The van der Waals surface area contributed by atoms with Crippen molar-refractivity contribution >= 4 is 17.2 Å². The Morgan fingerprint density at radius 3 is 3.18 bits per heavy atom. The van der Waals surface area contributed by atoms with Crippen LogP contribution in [0.15, 0.2) is 29.2 Å². The van der Waals surface area contributed by atoms with Gasteiger partial charge in [0.2, 0.25) is 5.91 Å². The van der Waals surface area contributed by atoms with E-state index in [0.717, 1.165) is 38.0 Å². The molecule has 1 fully saturated rings. The highest BCUT2D eigenvalue weighted by molar-refractivity contribution is 7.07. The molecule has 1 N–H and O–H groups in total. The number of amides is 1. The van der Waals surface area contributed by atoms with Crippen LogP contribution in [0.5, 0.6) is 0 Å².